The first-order chi connectivity index (χ1) is 11.9. The summed E-state index contributed by atoms with van der Waals surface area (Å²) >= 11 is 0. The van der Waals surface area contributed by atoms with Gasteiger partial charge in [0, 0.05) is 43.8 Å². The van der Waals surface area contributed by atoms with Crippen LogP contribution in [0.25, 0.3) is 0 Å². The molecular weight excluding hydrogens is 320 g/mol. The predicted molar refractivity (Wildman–Crippen MR) is 96.9 cm³/mol. The number of nitrogens with one attached hydrogen (secondary N) is 3. The van der Waals surface area contributed by atoms with E-state index in [0.717, 1.165) is 12.2 Å². The Morgan fingerprint density at radius 3 is 2.44 bits per heavy atom. The van der Waals surface area contributed by atoms with Crippen LogP contribution in [0.15, 0.2) is 36.7 Å². The molecule has 1 aromatic carbocycles. The number of hydrogen-bond donors (Lipinski definition) is 3. The van der Waals surface area contributed by atoms with Gasteiger partial charge < -0.3 is 20.9 Å². The van der Waals surface area contributed by atoms with Gasteiger partial charge >= 0.3 is 0 Å². The van der Waals surface area contributed by atoms with E-state index in [2.05, 4.69) is 25.9 Å². The molecule has 2 rings (SSSR count). The van der Waals surface area contributed by atoms with Crippen molar-refractivity contribution in [1.82, 2.24) is 20.2 Å². The number of anilines is 3. The molecule has 0 aliphatic heterocycles. The van der Waals surface area contributed by atoms with Crippen molar-refractivity contribution in [2.24, 2.45) is 0 Å². The van der Waals surface area contributed by atoms with Crippen molar-refractivity contribution in [1.29, 1.82) is 0 Å². The molecule has 1 aromatic heterocycles. The maximum Gasteiger partial charge on any atom is 0.254 e. The standard InChI is InChI=1S/C17H22N6O2/c1-12(24)21-14-5-4-6-15(9-14)22-17-19-10-13(11-20-17)16(25)18-7-8-23(2)3/h4-6,9-11H,7-8H2,1-3H3,(H,18,25)(H,21,24)(H,19,20,22). The highest BCUT2D eigenvalue weighted by molar-refractivity contribution is 5.93. The third-order valence-corrected chi connectivity index (χ3v) is 3.20. The number of carbonyl (C=O) groups is 2. The Balaban J connectivity index is 1.96. The van der Waals surface area contributed by atoms with Crippen molar-refractivity contribution in [2.75, 3.05) is 37.8 Å². The molecule has 132 valence electrons. The van der Waals surface area contributed by atoms with Gasteiger partial charge in [-0.05, 0) is 32.3 Å². The third kappa shape index (κ3) is 6.19. The van der Waals surface area contributed by atoms with Crippen LogP contribution in [-0.4, -0.2) is 53.9 Å². The van der Waals surface area contributed by atoms with E-state index in [1.807, 2.05) is 25.1 Å². The van der Waals surface area contributed by atoms with E-state index in [9.17, 15) is 9.59 Å². The monoisotopic (exact) mass is 342 g/mol. The Hall–Kier alpha value is -3.00. The van der Waals surface area contributed by atoms with E-state index in [1.165, 1.54) is 19.3 Å². The molecule has 8 nitrogen and oxygen atoms in total. The molecular formula is C17H22N6O2. The fourth-order valence-electron chi connectivity index (χ4n) is 2.01. The van der Waals surface area contributed by atoms with Gasteiger partial charge in [0.1, 0.15) is 0 Å². The van der Waals surface area contributed by atoms with Crippen LogP contribution in [0, 0.1) is 0 Å². The summed E-state index contributed by atoms with van der Waals surface area (Å²) in [5.74, 6) is 0.0175. The van der Waals surface area contributed by atoms with Gasteiger partial charge in [-0.1, -0.05) is 6.07 Å². The molecule has 0 saturated carbocycles. The summed E-state index contributed by atoms with van der Waals surface area (Å²) in [7, 11) is 3.88. The average Bonchev–Trinajstić information content (AvgIpc) is 2.55. The van der Waals surface area contributed by atoms with Crippen LogP contribution in [0.2, 0.25) is 0 Å². The fraction of sp³-hybridized carbons (Fsp3) is 0.294. The van der Waals surface area contributed by atoms with Crippen molar-refractivity contribution in [3.63, 3.8) is 0 Å². The summed E-state index contributed by atoms with van der Waals surface area (Å²) in [6.07, 6.45) is 2.94. The highest BCUT2D eigenvalue weighted by Gasteiger charge is 2.07. The molecule has 3 N–H and O–H groups in total. The van der Waals surface area contributed by atoms with Crippen LogP contribution >= 0.6 is 0 Å². The van der Waals surface area contributed by atoms with E-state index < -0.39 is 0 Å². The number of benzene rings is 1. The number of aromatic nitrogens is 2. The van der Waals surface area contributed by atoms with Gasteiger partial charge in [-0.3, -0.25) is 9.59 Å². The van der Waals surface area contributed by atoms with Gasteiger partial charge in [0.25, 0.3) is 5.91 Å². The minimum atomic E-state index is -0.207. The van der Waals surface area contributed by atoms with Crippen LogP contribution in [0.1, 0.15) is 17.3 Å². The zero-order valence-corrected chi connectivity index (χ0v) is 14.5. The Labute approximate surface area is 146 Å². The van der Waals surface area contributed by atoms with Gasteiger partial charge in [-0.15, -0.1) is 0 Å². The number of likely N-dealkylation sites (N-methyl/N-ethyl adjacent to an activating group) is 1. The summed E-state index contributed by atoms with van der Waals surface area (Å²) in [6.45, 7) is 2.77. The van der Waals surface area contributed by atoms with Gasteiger partial charge in [0.05, 0.1) is 5.56 Å². The second-order valence-corrected chi connectivity index (χ2v) is 5.74. The van der Waals surface area contributed by atoms with Crippen LogP contribution in [-0.2, 0) is 4.79 Å². The molecule has 2 amide bonds. The molecule has 0 spiro atoms. The van der Waals surface area contributed by atoms with Crippen molar-refractivity contribution >= 4 is 29.1 Å². The molecule has 1 heterocycles. The van der Waals surface area contributed by atoms with Crippen molar-refractivity contribution < 1.29 is 9.59 Å². The molecule has 8 heteroatoms. The first-order valence-electron chi connectivity index (χ1n) is 7.83. The van der Waals surface area contributed by atoms with Gasteiger partial charge in [-0.2, -0.15) is 0 Å². The van der Waals surface area contributed by atoms with E-state index >= 15 is 0 Å². The Morgan fingerprint density at radius 2 is 1.80 bits per heavy atom. The quantitative estimate of drug-likeness (QED) is 0.705. The first-order valence-corrected chi connectivity index (χ1v) is 7.83. The predicted octanol–water partition coefficient (Wildman–Crippen LogP) is 1.47. The minimum absolute atomic E-state index is 0.141. The summed E-state index contributed by atoms with van der Waals surface area (Å²) in [6, 6.07) is 7.19. The van der Waals surface area contributed by atoms with Crippen molar-refractivity contribution in [3.05, 3.63) is 42.2 Å². The molecule has 0 aliphatic rings. The lowest BCUT2D eigenvalue weighted by atomic mass is 10.2. The second-order valence-electron chi connectivity index (χ2n) is 5.74. The zero-order chi connectivity index (χ0) is 18.2. The molecule has 2 aromatic rings. The van der Waals surface area contributed by atoms with E-state index in [1.54, 1.807) is 18.2 Å². The number of carbonyl (C=O) groups excluding carboxylic acids is 2. The summed E-state index contributed by atoms with van der Waals surface area (Å²) in [4.78, 5) is 33.4. The summed E-state index contributed by atoms with van der Waals surface area (Å²) in [5, 5.41) is 8.54. The van der Waals surface area contributed by atoms with Gasteiger partial charge in [0.2, 0.25) is 11.9 Å². The minimum Gasteiger partial charge on any atom is -0.351 e. The van der Waals surface area contributed by atoms with Crippen molar-refractivity contribution in [2.45, 2.75) is 6.92 Å². The Kier molecular flexibility index (Phi) is 6.41. The highest BCUT2D eigenvalue weighted by atomic mass is 16.2. The van der Waals surface area contributed by atoms with Crippen molar-refractivity contribution in [3.8, 4) is 0 Å². The maximum atomic E-state index is 12.0. The second kappa shape index (κ2) is 8.74. The first kappa shape index (κ1) is 18.3. The summed E-state index contributed by atoms with van der Waals surface area (Å²) in [5.41, 5.74) is 1.81. The molecule has 0 unspecified atom stereocenters. The Morgan fingerprint density at radius 1 is 1.12 bits per heavy atom. The van der Waals surface area contributed by atoms with Crippen LogP contribution in [0.3, 0.4) is 0 Å². The highest BCUT2D eigenvalue weighted by Crippen LogP contribution is 2.17. The van der Waals surface area contributed by atoms with Crippen LogP contribution in [0.5, 0.6) is 0 Å². The molecule has 0 fully saturated rings. The molecule has 25 heavy (non-hydrogen) atoms. The zero-order valence-electron chi connectivity index (χ0n) is 14.5. The molecule has 0 bridgehead atoms. The van der Waals surface area contributed by atoms with Crippen LogP contribution < -0.4 is 16.0 Å². The Bertz CT molecular complexity index is 730. The van der Waals surface area contributed by atoms with Crippen LogP contribution in [0.4, 0.5) is 17.3 Å². The molecule has 0 radical (unpaired) electrons. The van der Waals surface area contributed by atoms with E-state index in [0.29, 0.717) is 23.7 Å². The molecule has 0 aliphatic carbocycles. The summed E-state index contributed by atoms with van der Waals surface area (Å²) < 4.78 is 0. The SMILES string of the molecule is CC(=O)Nc1cccc(Nc2ncc(C(=O)NCCN(C)C)cn2)c1. The number of hydrogen-bond acceptors (Lipinski definition) is 6. The maximum absolute atomic E-state index is 12.0. The lowest BCUT2D eigenvalue weighted by Crippen LogP contribution is -2.31. The normalized spacial score (nSPS) is 10.4. The van der Waals surface area contributed by atoms with Gasteiger partial charge in [0.15, 0.2) is 0 Å². The topological polar surface area (TPSA) is 99.2 Å². The van der Waals surface area contributed by atoms with E-state index in [4.69, 9.17) is 0 Å². The largest absolute Gasteiger partial charge is 0.351 e. The molecule has 0 saturated heterocycles. The number of amides is 2. The number of nitrogens with zero attached hydrogens (tertiary/aromatic N) is 3. The smallest absolute Gasteiger partial charge is 0.254 e. The van der Waals surface area contributed by atoms with E-state index in [-0.39, 0.29) is 11.8 Å². The lowest BCUT2D eigenvalue weighted by Gasteiger charge is -2.10. The van der Waals surface area contributed by atoms with Gasteiger partial charge in [-0.25, -0.2) is 9.97 Å². The number of rotatable bonds is 7. The molecule has 0 atom stereocenters. The lowest BCUT2D eigenvalue weighted by molar-refractivity contribution is -0.114. The third-order valence-electron chi connectivity index (χ3n) is 3.20. The average molecular weight is 342 g/mol. The fourth-order valence-corrected chi connectivity index (χ4v) is 2.01.